The van der Waals surface area contributed by atoms with Gasteiger partial charge in [0, 0.05) is 6.54 Å². The number of carbonyl (C=O) groups excluding carboxylic acids is 1. The van der Waals surface area contributed by atoms with Crippen molar-refractivity contribution in [2.75, 3.05) is 13.2 Å². The molecule has 0 saturated heterocycles. The highest BCUT2D eigenvalue weighted by Gasteiger charge is 2.30. The molecule has 0 aliphatic carbocycles. The van der Waals surface area contributed by atoms with E-state index in [9.17, 15) is 22.8 Å². The number of rotatable bonds is 8. The zero-order chi connectivity index (χ0) is 20.0. The highest BCUT2D eigenvalue weighted by molar-refractivity contribution is 5.82. The Balaban J connectivity index is 1.96. The molecule has 1 aromatic carbocycles. The summed E-state index contributed by atoms with van der Waals surface area (Å²) >= 11 is 0. The summed E-state index contributed by atoms with van der Waals surface area (Å²) in [5, 5.41) is 12.5. The van der Waals surface area contributed by atoms with Gasteiger partial charge in [0.15, 0.2) is 5.82 Å². The Kier molecular flexibility index (Phi) is 6.50. The van der Waals surface area contributed by atoms with Gasteiger partial charge < -0.3 is 19.3 Å². The Labute approximate surface area is 151 Å². The van der Waals surface area contributed by atoms with Crippen LogP contribution in [0.5, 0.6) is 0 Å². The van der Waals surface area contributed by atoms with E-state index in [0.717, 1.165) is 17.0 Å². The van der Waals surface area contributed by atoms with E-state index in [1.165, 1.54) is 12.1 Å². The second kappa shape index (κ2) is 8.62. The fourth-order valence-electron chi connectivity index (χ4n) is 2.13. The molecule has 27 heavy (non-hydrogen) atoms. The van der Waals surface area contributed by atoms with Gasteiger partial charge in [0.2, 0.25) is 5.91 Å². The van der Waals surface area contributed by atoms with Crippen LogP contribution in [0.25, 0.3) is 0 Å². The van der Waals surface area contributed by atoms with Gasteiger partial charge in [-0.05, 0) is 24.6 Å². The van der Waals surface area contributed by atoms with E-state index >= 15 is 0 Å². The third-order valence-electron chi connectivity index (χ3n) is 3.35. The Morgan fingerprint density at radius 1 is 1.26 bits per heavy atom. The summed E-state index contributed by atoms with van der Waals surface area (Å²) in [5.41, 5.74) is -0.481. The number of halogens is 3. The summed E-state index contributed by atoms with van der Waals surface area (Å²) < 4.78 is 47.7. The Hall–Kier alpha value is -2.95. The normalized spacial score (nSPS) is 11.4. The molecule has 0 atom stereocenters. The largest absolute Gasteiger partial charge is 0.480 e. The molecule has 1 heterocycles. The molecule has 1 N–H and O–H groups in total. The smallest absolute Gasteiger partial charge is 0.416 e. The number of carbonyl (C=O) groups is 2. The van der Waals surface area contributed by atoms with Crippen molar-refractivity contribution in [1.29, 1.82) is 0 Å². The maximum atomic E-state index is 12.6. The van der Waals surface area contributed by atoms with Gasteiger partial charge in [-0.2, -0.15) is 18.2 Å². The van der Waals surface area contributed by atoms with Crippen molar-refractivity contribution >= 4 is 11.9 Å². The molecule has 11 heteroatoms. The zero-order valence-corrected chi connectivity index (χ0v) is 14.2. The van der Waals surface area contributed by atoms with Gasteiger partial charge in [0.1, 0.15) is 19.8 Å². The third-order valence-corrected chi connectivity index (χ3v) is 3.35. The SMILES string of the molecule is Cc1noc(COCC(=O)N(CC(=O)O)Cc2ccc(C(F)(F)F)cc2)n1. The van der Waals surface area contributed by atoms with Crippen molar-refractivity contribution < 1.29 is 37.1 Å². The lowest BCUT2D eigenvalue weighted by Crippen LogP contribution is -2.37. The first-order valence-electron chi connectivity index (χ1n) is 7.68. The zero-order valence-electron chi connectivity index (χ0n) is 14.2. The van der Waals surface area contributed by atoms with E-state index in [1.54, 1.807) is 6.92 Å². The minimum Gasteiger partial charge on any atom is -0.480 e. The number of benzene rings is 1. The van der Waals surface area contributed by atoms with Crippen molar-refractivity contribution in [1.82, 2.24) is 15.0 Å². The van der Waals surface area contributed by atoms with E-state index in [2.05, 4.69) is 10.1 Å². The fourth-order valence-corrected chi connectivity index (χ4v) is 2.13. The van der Waals surface area contributed by atoms with Gasteiger partial charge in [-0.15, -0.1) is 0 Å². The number of aromatic nitrogens is 2. The van der Waals surface area contributed by atoms with Crippen LogP contribution in [-0.4, -0.2) is 45.2 Å². The number of hydrogen-bond acceptors (Lipinski definition) is 6. The standard InChI is InChI=1S/C16H16F3N3O5/c1-10-20-13(27-21-10)8-26-9-14(23)22(7-15(24)25)6-11-2-4-12(5-3-11)16(17,18)19/h2-5H,6-9H2,1H3,(H,24,25). The van der Waals surface area contributed by atoms with E-state index < -0.39 is 36.8 Å². The molecule has 0 bridgehead atoms. The summed E-state index contributed by atoms with van der Waals surface area (Å²) in [6.45, 7) is 0.231. The first-order valence-corrected chi connectivity index (χ1v) is 7.68. The topological polar surface area (TPSA) is 106 Å². The molecule has 0 aliphatic heterocycles. The van der Waals surface area contributed by atoms with E-state index in [4.69, 9.17) is 14.4 Å². The van der Waals surface area contributed by atoms with Crippen molar-refractivity contribution in [3.63, 3.8) is 0 Å². The van der Waals surface area contributed by atoms with Gasteiger partial charge in [0.05, 0.1) is 5.56 Å². The predicted octanol–water partition coefficient (Wildman–Crippen LogP) is 2.03. The molecule has 0 aliphatic rings. The minimum absolute atomic E-state index is 0.131. The Morgan fingerprint density at radius 3 is 2.44 bits per heavy atom. The van der Waals surface area contributed by atoms with Crippen LogP contribution in [0.15, 0.2) is 28.8 Å². The molecule has 0 fully saturated rings. The van der Waals surface area contributed by atoms with Gasteiger partial charge >= 0.3 is 12.1 Å². The number of aryl methyl sites for hydroxylation is 1. The number of amides is 1. The maximum Gasteiger partial charge on any atom is 0.416 e. The number of hydrogen-bond donors (Lipinski definition) is 1. The summed E-state index contributed by atoms with van der Waals surface area (Å²) in [6.07, 6.45) is -4.48. The molecule has 0 spiro atoms. The van der Waals surface area contributed by atoms with Crippen LogP contribution in [0.2, 0.25) is 0 Å². The number of carboxylic acids is 1. The number of aliphatic carboxylic acids is 1. The number of alkyl halides is 3. The van der Waals surface area contributed by atoms with Crippen LogP contribution in [-0.2, 0) is 33.7 Å². The molecule has 146 valence electrons. The van der Waals surface area contributed by atoms with Crippen molar-refractivity contribution in [3.05, 3.63) is 47.1 Å². The first-order chi connectivity index (χ1) is 12.6. The monoisotopic (exact) mass is 387 g/mol. The number of ether oxygens (including phenoxy) is 1. The second-order valence-electron chi connectivity index (χ2n) is 5.57. The molecule has 1 amide bonds. The van der Waals surface area contributed by atoms with Gasteiger partial charge in [-0.25, -0.2) is 0 Å². The third kappa shape index (κ3) is 6.37. The number of nitrogens with zero attached hydrogens (tertiary/aromatic N) is 3. The van der Waals surface area contributed by atoms with Gasteiger partial charge in [0.25, 0.3) is 5.89 Å². The van der Waals surface area contributed by atoms with E-state index in [0.29, 0.717) is 11.4 Å². The molecule has 0 radical (unpaired) electrons. The molecule has 0 saturated carbocycles. The van der Waals surface area contributed by atoms with Crippen LogP contribution >= 0.6 is 0 Å². The molecule has 0 unspecified atom stereocenters. The molecule has 2 aromatic rings. The average Bonchev–Trinajstić information content (AvgIpc) is 2.98. The lowest BCUT2D eigenvalue weighted by atomic mass is 10.1. The maximum absolute atomic E-state index is 12.6. The first kappa shape index (κ1) is 20.4. The van der Waals surface area contributed by atoms with Crippen LogP contribution in [0.4, 0.5) is 13.2 Å². The van der Waals surface area contributed by atoms with Crippen LogP contribution < -0.4 is 0 Å². The minimum atomic E-state index is -4.48. The van der Waals surface area contributed by atoms with E-state index in [-0.39, 0.29) is 19.0 Å². The summed E-state index contributed by atoms with van der Waals surface area (Å²) in [7, 11) is 0. The molecule has 2 rings (SSSR count). The van der Waals surface area contributed by atoms with Crippen LogP contribution in [0.1, 0.15) is 22.8 Å². The average molecular weight is 387 g/mol. The Bertz CT molecular complexity index is 789. The fraction of sp³-hybridized carbons (Fsp3) is 0.375. The van der Waals surface area contributed by atoms with E-state index in [1.807, 2.05) is 0 Å². The number of carboxylic acid groups (broad SMARTS) is 1. The van der Waals surface area contributed by atoms with Crippen molar-refractivity contribution in [3.8, 4) is 0 Å². The van der Waals surface area contributed by atoms with Crippen molar-refractivity contribution in [2.45, 2.75) is 26.3 Å². The molecule has 8 nitrogen and oxygen atoms in total. The highest BCUT2D eigenvalue weighted by Crippen LogP contribution is 2.29. The van der Waals surface area contributed by atoms with Crippen LogP contribution in [0.3, 0.4) is 0 Å². The quantitative estimate of drug-likeness (QED) is 0.739. The predicted molar refractivity (Wildman–Crippen MR) is 83.2 cm³/mol. The van der Waals surface area contributed by atoms with Crippen LogP contribution in [0, 0.1) is 6.92 Å². The molecule has 1 aromatic heterocycles. The Morgan fingerprint density at radius 2 is 1.93 bits per heavy atom. The highest BCUT2D eigenvalue weighted by atomic mass is 19.4. The van der Waals surface area contributed by atoms with Gasteiger partial charge in [-0.3, -0.25) is 9.59 Å². The van der Waals surface area contributed by atoms with Gasteiger partial charge in [-0.1, -0.05) is 17.3 Å². The summed E-state index contributed by atoms with van der Waals surface area (Å²) in [6, 6.07) is 4.11. The molecular formula is C16H16F3N3O5. The summed E-state index contributed by atoms with van der Waals surface area (Å²) in [4.78, 5) is 28.0. The van der Waals surface area contributed by atoms with Crippen molar-refractivity contribution in [2.24, 2.45) is 0 Å². The second-order valence-corrected chi connectivity index (χ2v) is 5.57. The molecular weight excluding hydrogens is 371 g/mol. The summed E-state index contributed by atoms with van der Waals surface area (Å²) in [5.74, 6) is -1.35. The lowest BCUT2D eigenvalue weighted by Gasteiger charge is -2.21. The lowest BCUT2D eigenvalue weighted by molar-refractivity contribution is -0.147.